The van der Waals surface area contributed by atoms with Gasteiger partial charge in [0.15, 0.2) is 0 Å². The molecule has 102 valence electrons. The molecule has 0 aliphatic carbocycles. The molecule has 6 heteroatoms. The summed E-state index contributed by atoms with van der Waals surface area (Å²) in [5.41, 5.74) is 5.70. The highest BCUT2D eigenvalue weighted by Gasteiger charge is 2.28. The fourth-order valence-corrected chi connectivity index (χ4v) is 2.72. The zero-order chi connectivity index (χ0) is 14.0. The van der Waals surface area contributed by atoms with E-state index in [1.807, 2.05) is 0 Å². The van der Waals surface area contributed by atoms with E-state index in [1.54, 1.807) is 17.0 Å². The quantitative estimate of drug-likeness (QED) is 0.911. The number of likely N-dealkylation sites (tertiary alicyclic amines) is 1. The first-order valence-electron chi connectivity index (χ1n) is 6.02. The minimum atomic E-state index is -0.361. The molecule has 2 amide bonds. The predicted molar refractivity (Wildman–Crippen MR) is 74.3 cm³/mol. The Bertz CT molecular complexity index is 519. The van der Waals surface area contributed by atoms with Gasteiger partial charge in [0.25, 0.3) is 5.91 Å². The average molecular weight is 301 g/mol. The second-order valence-corrected chi connectivity index (χ2v) is 5.46. The summed E-state index contributed by atoms with van der Waals surface area (Å²) in [6, 6.07) is 4.75. The topological polar surface area (TPSA) is 63.4 Å². The molecule has 0 saturated carbocycles. The summed E-state index contributed by atoms with van der Waals surface area (Å²) in [6.45, 7) is 0.967. The summed E-state index contributed by atoms with van der Waals surface area (Å²) >= 11 is 11.8. The van der Waals surface area contributed by atoms with Crippen LogP contribution in [0.5, 0.6) is 0 Å². The van der Waals surface area contributed by atoms with Crippen LogP contribution in [-0.4, -0.2) is 29.8 Å². The van der Waals surface area contributed by atoms with Crippen LogP contribution in [0.15, 0.2) is 18.2 Å². The lowest BCUT2D eigenvalue weighted by atomic mass is 9.97. The minimum absolute atomic E-state index is 0.187. The maximum Gasteiger partial charge on any atom is 0.255 e. The number of hydrogen-bond acceptors (Lipinski definition) is 2. The fraction of sp³-hybridized carbons (Fsp3) is 0.385. The van der Waals surface area contributed by atoms with Crippen molar-refractivity contribution in [3.8, 4) is 0 Å². The highest BCUT2D eigenvalue weighted by molar-refractivity contribution is 6.36. The van der Waals surface area contributed by atoms with Gasteiger partial charge in [-0.2, -0.15) is 0 Å². The van der Waals surface area contributed by atoms with Crippen molar-refractivity contribution in [2.75, 3.05) is 13.1 Å². The third-order valence-corrected chi connectivity index (χ3v) is 3.82. The Hall–Kier alpha value is -1.26. The first-order valence-corrected chi connectivity index (χ1v) is 6.78. The van der Waals surface area contributed by atoms with E-state index in [-0.39, 0.29) is 17.7 Å². The smallest absolute Gasteiger partial charge is 0.255 e. The maximum atomic E-state index is 12.3. The number of primary amides is 1. The second kappa shape index (κ2) is 5.80. The molecule has 0 unspecified atom stereocenters. The number of halogens is 2. The third-order valence-electron chi connectivity index (χ3n) is 3.27. The van der Waals surface area contributed by atoms with Crippen LogP contribution in [0.2, 0.25) is 10.0 Å². The molecule has 4 nitrogen and oxygen atoms in total. The van der Waals surface area contributed by atoms with E-state index in [2.05, 4.69) is 0 Å². The van der Waals surface area contributed by atoms with Gasteiger partial charge in [-0.15, -0.1) is 0 Å². The molecule has 0 aromatic heterocycles. The Morgan fingerprint density at radius 2 is 2.05 bits per heavy atom. The van der Waals surface area contributed by atoms with Gasteiger partial charge in [0.2, 0.25) is 5.91 Å². The van der Waals surface area contributed by atoms with Gasteiger partial charge in [0.05, 0.1) is 16.5 Å². The average Bonchev–Trinajstić information content (AvgIpc) is 2.38. The standard InChI is InChI=1S/C13H14Cl2N2O2/c14-9-3-4-10(11(15)6-9)13(19)17-5-1-2-8(7-17)12(16)18/h3-4,6,8H,1-2,5,7H2,(H2,16,18)/t8-/m0/s1. The summed E-state index contributed by atoms with van der Waals surface area (Å²) in [5, 5.41) is 0.800. The highest BCUT2D eigenvalue weighted by atomic mass is 35.5. The van der Waals surface area contributed by atoms with E-state index < -0.39 is 0 Å². The first-order chi connectivity index (χ1) is 8.99. The molecule has 2 N–H and O–H groups in total. The molecule has 1 fully saturated rings. The minimum Gasteiger partial charge on any atom is -0.369 e. The van der Waals surface area contributed by atoms with E-state index in [4.69, 9.17) is 28.9 Å². The van der Waals surface area contributed by atoms with Crippen molar-refractivity contribution in [1.29, 1.82) is 0 Å². The molecule has 0 spiro atoms. The van der Waals surface area contributed by atoms with Crippen molar-refractivity contribution in [3.05, 3.63) is 33.8 Å². The number of hydrogen-bond donors (Lipinski definition) is 1. The van der Waals surface area contributed by atoms with Gasteiger partial charge in [-0.1, -0.05) is 23.2 Å². The molecule has 1 aliphatic heterocycles. The van der Waals surface area contributed by atoms with Crippen LogP contribution in [0.25, 0.3) is 0 Å². The lowest BCUT2D eigenvalue weighted by Crippen LogP contribution is -2.44. The van der Waals surface area contributed by atoms with Gasteiger partial charge in [-0.05, 0) is 31.0 Å². The van der Waals surface area contributed by atoms with Crippen LogP contribution < -0.4 is 5.73 Å². The third kappa shape index (κ3) is 3.19. The van der Waals surface area contributed by atoms with Crippen LogP contribution in [0.1, 0.15) is 23.2 Å². The van der Waals surface area contributed by atoms with Gasteiger partial charge < -0.3 is 10.6 Å². The Kier molecular flexibility index (Phi) is 4.32. The van der Waals surface area contributed by atoms with Crippen LogP contribution in [-0.2, 0) is 4.79 Å². The van der Waals surface area contributed by atoms with E-state index >= 15 is 0 Å². The largest absolute Gasteiger partial charge is 0.369 e. The van der Waals surface area contributed by atoms with Crippen LogP contribution in [0.4, 0.5) is 0 Å². The van der Waals surface area contributed by atoms with Crippen LogP contribution in [0, 0.1) is 5.92 Å². The van der Waals surface area contributed by atoms with Crippen molar-refractivity contribution in [2.24, 2.45) is 11.7 Å². The van der Waals surface area contributed by atoms with Crippen molar-refractivity contribution in [1.82, 2.24) is 4.90 Å². The molecule has 1 saturated heterocycles. The Balaban J connectivity index is 2.17. The zero-order valence-electron chi connectivity index (χ0n) is 10.2. The lowest BCUT2D eigenvalue weighted by Gasteiger charge is -2.31. The molecule has 19 heavy (non-hydrogen) atoms. The van der Waals surface area contributed by atoms with E-state index in [1.165, 1.54) is 6.07 Å². The predicted octanol–water partition coefficient (Wildman–Crippen LogP) is 2.33. The molecular formula is C13H14Cl2N2O2. The molecule has 1 atom stereocenters. The van der Waals surface area contributed by atoms with Gasteiger partial charge >= 0.3 is 0 Å². The van der Waals surface area contributed by atoms with Gasteiger partial charge in [-0.3, -0.25) is 9.59 Å². The summed E-state index contributed by atoms with van der Waals surface area (Å²) in [4.78, 5) is 25.2. The SMILES string of the molecule is NC(=O)[C@H]1CCCN(C(=O)c2ccc(Cl)cc2Cl)C1. The molecule has 0 radical (unpaired) electrons. The van der Waals surface area contributed by atoms with Crippen LogP contribution in [0.3, 0.4) is 0 Å². The monoisotopic (exact) mass is 300 g/mol. The Labute approximate surface area is 121 Å². The van der Waals surface area contributed by atoms with Crippen molar-refractivity contribution in [3.63, 3.8) is 0 Å². The van der Waals surface area contributed by atoms with Gasteiger partial charge in [0.1, 0.15) is 0 Å². The summed E-state index contributed by atoms with van der Waals surface area (Å²) in [6.07, 6.45) is 1.50. The Morgan fingerprint density at radius 3 is 2.68 bits per heavy atom. The highest BCUT2D eigenvalue weighted by Crippen LogP contribution is 2.24. The Morgan fingerprint density at radius 1 is 1.32 bits per heavy atom. The number of carbonyl (C=O) groups is 2. The molecule has 0 bridgehead atoms. The summed E-state index contributed by atoms with van der Waals surface area (Å²) in [7, 11) is 0. The number of rotatable bonds is 2. The van der Waals surface area contributed by atoms with E-state index in [9.17, 15) is 9.59 Å². The normalized spacial score (nSPS) is 19.3. The number of nitrogens with two attached hydrogens (primary N) is 1. The molecule has 2 rings (SSSR count). The summed E-state index contributed by atoms with van der Waals surface area (Å²) < 4.78 is 0. The summed E-state index contributed by atoms with van der Waals surface area (Å²) in [5.74, 6) is -0.823. The maximum absolute atomic E-state index is 12.3. The number of benzene rings is 1. The lowest BCUT2D eigenvalue weighted by molar-refractivity contribution is -0.123. The number of carbonyl (C=O) groups excluding carboxylic acids is 2. The first kappa shape index (κ1) is 14.2. The van der Waals surface area contributed by atoms with Crippen LogP contribution >= 0.6 is 23.2 Å². The number of amides is 2. The van der Waals surface area contributed by atoms with Crippen molar-refractivity contribution in [2.45, 2.75) is 12.8 Å². The molecule has 1 aliphatic rings. The molecular weight excluding hydrogens is 287 g/mol. The van der Waals surface area contributed by atoms with Gasteiger partial charge in [0, 0.05) is 18.1 Å². The fourth-order valence-electron chi connectivity index (χ4n) is 2.23. The van der Waals surface area contributed by atoms with E-state index in [0.717, 1.165) is 12.8 Å². The van der Waals surface area contributed by atoms with Gasteiger partial charge in [-0.25, -0.2) is 0 Å². The number of nitrogens with zero attached hydrogens (tertiary/aromatic N) is 1. The zero-order valence-corrected chi connectivity index (χ0v) is 11.7. The van der Waals surface area contributed by atoms with Crippen molar-refractivity contribution < 1.29 is 9.59 Å². The molecule has 1 aromatic rings. The van der Waals surface area contributed by atoms with E-state index in [0.29, 0.717) is 28.7 Å². The molecule has 1 aromatic carbocycles. The molecule has 1 heterocycles. The number of piperidine rings is 1. The second-order valence-electron chi connectivity index (χ2n) is 4.62. The van der Waals surface area contributed by atoms with Crippen molar-refractivity contribution >= 4 is 35.0 Å².